The zero-order valence-electron chi connectivity index (χ0n) is 14.5. The van der Waals surface area contributed by atoms with Crippen molar-refractivity contribution in [2.75, 3.05) is 26.2 Å². The van der Waals surface area contributed by atoms with E-state index in [1.54, 1.807) is 12.4 Å². The van der Waals surface area contributed by atoms with Crippen LogP contribution in [0, 0.1) is 6.92 Å². The predicted molar refractivity (Wildman–Crippen MR) is 98.7 cm³/mol. The van der Waals surface area contributed by atoms with Gasteiger partial charge in [0, 0.05) is 62.8 Å². The number of ketones is 1. The van der Waals surface area contributed by atoms with Crippen LogP contribution in [0.5, 0.6) is 0 Å². The van der Waals surface area contributed by atoms with Crippen LogP contribution < -0.4 is 0 Å². The van der Waals surface area contributed by atoms with Gasteiger partial charge in [-0.15, -0.1) is 11.3 Å². The number of pyridine rings is 1. The monoisotopic (exact) mass is 357 g/mol. The number of rotatable bonds is 6. The summed E-state index contributed by atoms with van der Waals surface area (Å²) in [6, 6.07) is 7.84. The maximum atomic E-state index is 12.4. The average molecular weight is 357 g/mol. The fourth-order valence-corrected chi connectivity index (χ4v) is 3.82. The number of aromatic nitrogens is 1. The molecule has 3 heterocycles. The lowest BCUT2D eigenvalue weighted by Gasteiger charge is -2.34. The van der Waals surface area contributed by atoms with Crippen LogP contribution in [0.15, 0.2) is 36.7 Å². The lowest BCUT2D eigenvalue weighted by molar-refractivity contribution is -0.132. The van der Waals surface area contributed by atoms with E-state index in [0.29, 0.717) is 12.8 Å². The van der Waals surface area contributed by atoms with Crippen molar-refractivity contribution in [3.8, 4) is 0 Å². The number of thiophene rings is 1. The Morgan fingerprint density at radius 1 is 1.04 bits per heavy atom. The molecule has 132 valence electrons. The van der Waals surface area contributed by atoms with Gasteiger partial charge in [-0.25, -0.2) is 0 Å². The van der Waals surface area contributed by atoms with Crippen molar-refractivity contribution in [3.63, 3.8) is 0 Å². The first kappa shape index (κ1) is 17.8. The van der Waals surface area contributed by atoms with Crippen LogP contribution in [-0.2, 0) is 11.3 Å². The molecule has 2 aromatic heterocycles. The van der Waals surface area contributed by atoms with Gasteiger partial charge in [0.2, 0.25) is 5.91 Å². The van der Waals surface area contributed by atoms with Crippen LogP contribution >= 0.6 is 11.3 Å². The second kappa shape index (κ2) is 8.36. The van der Waals surface area contributed by atoms with E-state index in [9.17, 15) is 9.59 Å². The number of hydrogen-bond donors (Lipinski definition) is 0. The molecule has 25 heavy (non-hydrogen) atoms. The molecule has 0 radical (unpaired) electrons. The van der Waals surface area contributed by atoms with Gasteiger partial charge in [0.1, 0.15) is 0 Å². The highest BCUT2D eigenvalue weighted by Crippen LogP contribution is 2.18. The van der Waals surface area contributed by atoms with Crippen LogP contribution in [0.3, 0.4) is 0 Å². The number of amides is 1. The molecule has 1 fully saturated rings. The van der Waals surface area contributed by atoms with E-state index < -0.39 is 0 Å². The van der Waals surface area contributed by atoms with Gasteiger partial charge in [-0.3, -0.25) is 19.5 Å². The maximum Gasteiger partial charge on any atom is 0.223 e. The van der Waals surface area contributed by atoms with Gasteiger partial charge in [-0.1, -0.05) is 0 Å². The highest BCUT2D eigenvalue weighted by molar-refractivity contribution is 7.14. The normalized spacial score (nSPS) is 15.3. The first-order valence-corrected chi connectivity index (χ1v) is 9.42. The zero-order chi connectivity index (χ0) is 17.6. The van der Waals surface area contributed by atoms with Gasteiger partial charge in [-0.05, 0) is 36.8 Å². The Labute approximate surface area is 152 Å². The molecule has 6 heteroatoms. The second-order valence-corrected chi connectivity index (χ2v) is 7.63. The first-order valence-electron chi connectivity index (χ1n) is 8.60. The molecule has 5 nitrogen and oxygen atoms in total. The molecule has 1 aliphatic heterocycles. The van der Waals surface area contributed by atoms with Gasteiger partial charge in [-0.2, -0.15) is 0 Å². The van der Waals surface area contributed by atoms with Crippen LogP contribution in [0.2, 0.25) is 0 Å². The Morgan fingerprint density at radius 2 is 1.76 bits per heavy atom. The van der Waals surface area contributed by atoms with E-state index in [1.165, 1.54) is 16.9 Å². The summed E-state index contributed by atoms with van der Waals surface area (Å²) < 4.78 is 0. The number of carbonyl (C=O) groups is 2. The fraction of sp³-hybridized carbons (Fsp3) is 0.421. The first-order chi connectivity index (χ1) is 12.1. The van der Waals surface area contributed by atoms with Crippen LogP contribution in [0.1, 0.15) is 33.0 Å². The van der Waals surface area contributed by atoms with Gasteiger partial charge < -0.3 is 4.90 Å². The Hall–Kier alpha value is -2.05. The van der Waals surface area contributed by atoms with Crippen LogP contribution in [0.4, 0.5) is 0 Å². The summed E-state index contributed by atoms with van der Waals surface area (Å²) in [5, 5.41) is 0. The molecule has 0 N–H and O–H groups in total. The maximum absolute atomic E-state index is 12.4. The lowest BCUT2D eigenvalue weighted by atomic mass is 10.1. The van der Waals surface area contributed by atoms with Crippen LogP contribution in [0.25, 0.3) is 0 Å². The quantitative estimate of drug-likeness (QED) is 0.746. The Kier molecular flexibility index (Phi) is 5.94. The molecule has 3 rings (SSSR count). The van der Waals surface area contributed by atoms with Gasteiger partial charge in [0.15, 0.2) is 5.78 Å². The molecule has 0 unspecified atom stereocenters. The molecule has 0 saturated carbocycles. The highest BCUT2D eigenvalue weighted by Gasteiger charge is 2.22. The molecule has 1 amide bonds. The van der Waals surface area contributed by atoms with Crippen molar-refractivity contribution in [1.29, 1.82) is 0 Å². The summed E-state index contributed by atoms with van der Waals surface area (Å²) in [5.74, 6) is 0.160. The van der Waals surface area contributed by atoms with Gasteiger partial charge in [0.25, 0.3) is 0 Å². The fourth-order valence-electron chi connectivity index (χ4n) is 2.99. The Balaban J connectivity index is 1.41. The summed E-state index contributed by atoms with van der Waals surface area (Å²) in [6.07, 6.45) is 4.22. The van der Waals surface area contributed by atoms with Crippen molar-refractivity contribution in [2.45, 2.75) is 26.3 Å². The number of piperazine rings is 1. The van der Waals surface area contributed by atoms with Gasteiger partial charge >= 0.3 is 0 Å². The van der Waals surface area contributed by atoms with E-state index in [1.807, 2.05) is 36.1 Å². The summed E-state index contributed by atoms with van der Waals surface area (Å²) >= 11 is 1.50. The minimum Gasteiger partial charge on any atom is -0.340 e. The molecule has 0 atom stereocenters. The van der Waals surface area contributed by atoms with E-state index in [4.69, 9.17) is 0 Å². The third kappa shape index (κ3) is 4.96. The summed E-state index contributed by atoms with van der Waals surface area (Å²) in [4.78, 5) is 34.6. The summed E-state index contributed by atoms with van der Waals surface area (Å²) in [5.41, 5.74) is 1.24. The zero-order valence-corrected chi connectivity index (χ0v) is 15.3. The third-order valence-electron chi connectivity index (χ3n) is 4.46. The lowest BCUT2D eigenvalue weighted by Crippen LogP contribution is -2.48. The van der Waals surface area contributed by atoms with Crippen LogP contribution in [-0.4, -0.2) is 52.7 Å². The number of carbonyl (C=O) groups excluding carboxylic acids is 2. The molecule has 0 spiro atoms. The van der Waals surface area contributed by atoms with Gasteiger partial charge in [0.05, 0.1) is 4.88 Å². The second-order valence-electron chi connectivity index (χ2n) is 6.35. The largest absolute Gasteiger partial charge is 0.340 e. The molecular formula is C19H23N3O2S. The summed E-state index contributed by atoms with van der Waals surface area (Å²) in [7, 11) is 0. The molecule has 0 aromatic carbocycles. The molecular weight excluding hydrogens is 334 g/mol. The minimum atomic E-state index is 0.0720. The molecule has 1 saturated heterocycles. The number of nitrogens with zero attached hydrogens (tertiary/aromatic N) is 3. The standard InChI is InChI=1S/C19H23N3O2S/c1-15-2-4-18(25-15)17(23)3-5-19(24)22-12-10-21(11-13-22)14-16-6-8-20-9-7-16/h2,4,6-9H,3,5,10-14H2,1H3. The SMILES string of the molecule is Cc1ccc(C(=O)CCC(=O)N2CCN(Cc3ccncc3)CC2)s1. The summed E-state index contributed by atoms with van der Waals surface area (Å²) in [6.45, 7) is 6.07. The molecule has 0 aliphatic carbocycles. The minimum absolute atomic E-state index is 0.0720. The topological polar surface area (TPSA) is 53.5 Å². The third-order valence-corrected chi connectivity index (χ3v) is 5.50. The molecule has 1 aliphatic rings. The smallest absolute Gasteiger partial charge is 0.223 e. The van der Waals surface area contributed by atoms with Crippen molar-refractivity contribution in [1.82, 2.24) is 14.8 Å². The highest BCUT2D eigenvalue weighted by atomic mass is 32.1. The van der Waals surface area contributed by atoms with E-state index in [-0.39, 0.29) is 11.7 Å². The predicted octanol–water partition coefficient (Wildman–Crippen LogP) is 2.76. The number of aryl methyl sites for hydroxylation is 1. The number of hydrogen-bond acceptors (Lipinski definition) is 5. The van der Waals surface area contributed by atoms with Crippen molar-refractivity contribution >= 4 is 23.0 Å². The Bertz CT molecular complexity index is 721. The molecule has 2 aromatic rings. The van der Waals surface area contributed by atoms with Crippen molar-refractivity contribution in [3.05, 3.63) is 52.0 Å². The average Bonchev–Trinajstić information content (AvgIpc) is 3.07. The number of Topliss-reactive ketones (excluding diaryl/α,β-unsaturated/α-hetero) is 1. The van der Waals surface area contributed by atoms with E-state index in [0.717, 1.165) is 42.5 Å². The van der Waals surface area contributed by atoms with Crippen molar-refractivity contribution in [2.24, 2.45) is 0 Å². The Morgan fingerprint density at radius 3 is 2.40 bits per heavy atom. The van der Waals surface area contributed by atoms with E-state index in [2.05, 4.69) is 9.88 Å². The molecule has 0 bridgehead atoms. The van der Waals surface area contributed by atoms with E-state index >= 15 is 0 Å². The van der Waals surface area contributed by atoms with Crippen molar-refractivity contribution < 1.29 is 9.59 Å².